The van der Waals surface area contributed by atoms with E-state index in [1.54, 1.807) is 12.5 Å². The normalized spacial score (nSPS) is 22.9. The summed E-state index contributed by atoms with van der Waals surface area (Å²) in [4.78, 5) is 4.38. The van der Waals surface area contributed by atoms with Gasteiger partial charge < -0.3 is 9.15 Å². The number of allylic oxidation sites excluding steroid dienone is 1. The fraction of sp³-hybridized carbons (Fsp3) is 0.154. The zero-order valence-corrected chi connectivity index (χ0v) is 8.67. The van der Waals surface area contributed by atoms with Crippen LogP contribution in [-0.4, -0.2) is 18.9 Å². The van der Waals surface area contributed by atoms with Crippen molar-refractivity contribution >= 4 is 11.8 Å². The third-order valence-corrected chi connectivity index (χ3v) is 2.64. The number of nitrogens with zero attached hydrogens (tertiary/aromatic N) is 1. The molecule has 0 N–H and O–H groups in total. The highest BCUT2D eigenvalue weighted by Gasteiger charge is 2.21. The van der Waals surface area contributed by atoms with Crippen LogP contribution in [0.4, 0.5) is 0 Å². The molecular formula is C13H11NO2. The molecule has 0 bridgehead atoms. The predicted molar refractivity (Wildman–Crippen MR) is 62.1 cm³/mol. The molecule has 80 valence electrons. The lowest BCUT2D eigenvalue weighted by atomic mass is 9.97. The Morgan fingerprint density at radius 2 is 2.38 bits per heavy atom. The third kappa shape index (κ3) is 1.50. The molecule has 0 saturated heterocycles. The van der Waals surface area contributed by atoms with Crippen molar-refractivity contribution in [3.8, 4) is 0 Å². The summed E-state index contributed by atoms with van der Waals surface area (Å²) >= 11 is 0. The van der Waals surface area contributed by atoms with Crippen LogP contribution in [0, 0.1) is 0 Å². The maximum atomic E-state index is 5.40. The van der Waals surface area contributed by atoms with Crippen molar-refractivity contribution < 1.29 is 9.15 Å². The van der Waals surface area contributed by atoms with Crippen molar-refractivity contribution in [2.24, 2.45) is 4.99 Å². The average Bonchev–Trinajstić information content (AvgIpc) is 3.03. The average molecular weight is 213 g/mol. The summed E-state index contributed by atoms with van der Waals surface area (Å²) in [6.45, 7) is 0.597. The minimum Gasteiger partial charge on any atom is -0.496 e. The Morgan fingerprint density at radius 3 is 3.12 bits per heavy atom. The van der Waals surface area contributed by atoms with Crippen LogP contribution < -0.4 is 0 Å². The molecule has 2 aliphatic heterocycles. The second kappa shape index (κ2) is 3.85. The lowest BCUT2D eigenvalue weighted by Crippen LogP contribution is -2.09. The molecule has 0 amide bonds. The van der Waals surface area contributed by atoms with Crippen molar-refractivity contribution in [2.75, 3.05) is 6.61 Å². The number of hydrogen-bond donors (Lipinski definition) is 0. The van der Waals surface area contributed by atoms with E-state index in [9.17, 15) is 0 Å². The third-order valence-electron chi connectivity index (χ3n) is 2.64. The first kappa shape index (κ1) is 9.21. The van der Waals surface area contributed by atoms with Crippen molar-refractivity contribution in [1.82, 2.24) is 0 Å². The van der Waals surface area contributed by atoms with E-state index in [1.807, 2.05) is 24.4 Å². The molecule has 2 aliphatic rings. The minimum atomic E-state index is 0.0975. The molecule has 3 rings (SSSR count). The lowest BCUT2D eigenvalue weighted by molar-refractivity contribution is 0.285. The van der Waals surface area contributed by atoms with Crippen LogP contribution in [0.25, 0.3) is 5.57 Å². The smallest absolute Gasteiger partial charge is 0.137 e. The highest BCUT2D eigenvalue weighted by atomic mass is 16.5. The summed E-state index contributed by atoms with van der Waals surface area (Å²) in [6, 6.07) is 3.90. The summed E-state index contributed by atoms with van der Waals surface area (Å²) in [5.41, 5.74) is 2.12. The van der Waals surface area contributed by atoms with Crippen LogP contribution in [0.15, 0.2) is 57.9 Å². The molecule has 0 saturated carbocycles. The Morgan fingerprint density at radius 1 is 1.38 bits per heavy atom. The molecule has 16 heavy (non-hydrogen) atoms. The maximum absolute atomic E-state index is 5.40. The molecule has 0 radical (unpaired) electrons. The van der Waals surface area contributed by atoms with E-state index in [4.69, 9.17) is 9.15 Å². The van der Waals surface area contributed by atoms with Crippen LogP contribution in [0.3, 0.4) is 0 Å². The van der Waals surface area contributed by atoms with Crippen molar-refractivity contribution in [2.45, 2.75) is 6.04 Å². The molecule has 0 aliphatic carbocycles. The topological polar surface area (TPSA) is 34.7 Å². The quantitative estimate of drug-likeness (QED) is 0.756. The van der Waals surface area contributed by atoms with E-state index in [1.165, 1.54) is 0 Å². The summed E-state index contributed by atoms with van der Waals surface area (Å²) < 4.78 is 10.7. The molecular weight excluding hydrogens is 202 g/mol. The maximum Gasteiger partial charge on any atom is 0.137 e. The van der Waals surface area contributed by atoms with Gasteiger partial charge in [-0.3, -0.25) is 4.99 Å². The fourth-order valence-corrected chi connectivity index (χ4v) is 1.89. The highest BCUT2D eigenvalue weighted by Crippen LogP contribution is 2.31. The second-order valence-corrected chi connectivity index (χ2v) is 3.63. The SMILES string of the molecule is C1=CC(C2=CCOC=C2c2ccco2)N=C1. The first-order valence-electron chi connectivity index (χ1n) is 5.21. The number of rotatable bonds is 2. The van der Waals surface area contributed by atoms with Gasteiger partial charge in [0.15, 0.2) is 0 Å². The van der Waals surface area contributed by atoms with Crippen LogP contribution in [0.2, 0.25) is 0 Å². The molecule has 1 aromatic heterocycles. The Labute approximate surface area is 93.4 Å². The first-order valence-corrected chi connectivity index (χ1v) is 5.21. The second-order valence-electron chi connectivity index (χ2n) is 3.63. The molecule has 3 heteroatoms. The zero-order chi connectivity index (χ0) is 10.8. The fourth-order valence-electron chi connectivity index (χ4n) is 1.89. The Kier molecular flexibility index (Phi) is 2.22. The highest BCUT2D eigenvalue weighted by molar-refractivity contribution is 5.82. The van der Waals surface area contributed by atoms with Gasteiger partial charge in [-0.1, -0.05) is 6.08 Å². The van der Waals surface area contributed by atoms with Gasteiger partial charge in [0.1, 0.15) is 12.4 Å². The standard InChI is InChI=1S/C13H11NO2/c1-3-12(14-6-1)10-5-8-15-9-11(10)13-4-2-7-16-13/h1-7,9,12H,8H2. The predicted octanol–water partition coefficient (Wildman–Crippen LogP) is 2.59. The minimum absolute atomic E-state index is 0.0975. The van der Waals surface area contributed by atoms with Crippen molar-refractivity contribution in [1.29, 1.82) is 0 Å². The van der Waals surface area contributed by atoms with E-state index >= 15 is 0 Å². The van der Waals surface area contributed by atoms with Crippen LogP contribution in [-0.2, 0) is 4.74 Å². The van der Waals surface area contributed by atoms with Crippen LogP contribution >= 0.6 is 0 Å². The molecule has 3 nitrogen and oxygen atoms in total. The Hall–Kier alpha value is -2.03. The van der Waals surface area contributed by atoms with Crippen LogP contribution in [0.1, 0.15) is 5.76 Å². The number of furan rings is 1. The van der Waals surface area contributed by atoms with Crippen LogP contribution in [0.5, 0.6) is 0 Å². The summed E-state index contributed by atoms with van der Waals surface area (Å²) in [5, 5.41) is 0. The van der Waals surface area contributed by atoms with Gasteiger partial charge in [-0.25, -0.2) is 0 Å². The molecule has 0 aromatic carbocycles. The number of hydrogen-bond acceptors (Lipinski definition) is 3. The Balaban J connectivity index is 1.97. The van der Waals surface area contributed by atoms with Gasteiger partial charge >= 0.3 is 0 Å². The summed E-state index contributed by atoms with van der Waals surface area (Å²) in [7, 11) is 0. The van der Waals surface area contributed by atoms with Gasteiger partial charge in [0.25, 0.3) is 0 Å². The Bertz CT molecular complexity index is 480. The molecule has 1 aromatic rings. The van der Waals surface area contributed by atoms with Crippen molar-refractivity contribution in [3.05, 3.63) is 54.2 Å². The van der Waals surface area contributed by atoms with Gasteiger partial charge in [0.05, 0.1) is 24.1 Å². The van der Waals surface area contributed by atoms with E-state index in [2.05, 4.69) is 17.1 Å². The van der Waals surface area contributed by atoms with E-state index < -0.39 is 0 Å². The largest absolute Gasteiger partial charge is 0.496 e. The first-order chi connectivity index (χ1) is 7.95. The van der Waals surface area contributed by atoms with Gasteiger partial charge in [0.2, 0.25) is 0 Å². The number of ether oxygens (including phenoxy) is 1. The summed E-state index contributed by atoms with van der Waals surface area (Å²) in [6.07, 6.45) is 11.3. The molecule has 0 spiro atoms. The summed E-state index contributed by atoms with van der Waals surface area (Å²) in [5.74, 6) is 0.821. The lowest BCUT2D eigenvalue weighted by Gasteiger charge is -2.17. The van der Waals surface area contributed by atoms with E-state index in [-0.39, 0.29) is 6.04 Å². The van der Waals surface area contributed by atoms with E-state index in [0.29, 0.717) is 6.61 Å². The van der Waals surface area contributed by atoms with Crippen molar-refractivity contribution in [3.63, 3.8) is 0 Å². The van der Waals surface area contributed by atoms with Gasteiger partial charge in [-0.05, 0) is 29.9 Å². The molecule has 3 heterocycles. The van der Waals surface area contributed by atoms with Gasteiger partial charge in [-0.2, -0.15) is 0 Å². The van der Waals surface area contributed by atoms with E-state index in [0.717, 1.165) is 16.9 Å². The van der Waals surface area contributed by atoms with Gasteiger partial charge in [-0.15, -0.1) is 0 Å². The molecule has 1 unspecified atom stereocenters. The van der Waals surface area contributed by atoms with Gasteiger partial charge in [0, 0.05) is 6.21 Å². The molecule has 1 atom stereocenters. The zero-order valence-electron chi connectivity index (χ0n) is 8.67. The molecule has 0 fully saturated rings. The monoisotopic (exact) mass is 213 g/mol. The number of aliphatic imine (C=N–C) groups is 1.